The van der Waals surface area contributed by atoms with E-state index in [0.29, 0.717) is 22.6 Å². The second-order valence-corrected chi connectivity index (χ2v) is 7.81. The zero-order valence-corrected chi connectivity index (χ0v) is 19.2. The maximum atomic E-state index is 13.4. The van der Waals surface area contributed by atoms with Gasteiger partial charge >= 0.3 is 5.97 Å². The third-order valence-corrected chi connectivity index (χ3v) is 5.59. The van der Waals surface area contributed by atoms with Crippen LogP contribution in [0.4, 0.5) is 17.1 Å². The third-order valence-electron chi connectivity index (χ3n) is 5.59. The highest BCUT2D eigenvalue weighted by atomic mass is 16.5. The average Bonchev–Trinajstić information content (AvgIpc) is 3.21. The molecule has 0 radical (unpaired) electrons. The second-order valence-electron chi connectivity index (χ2n) is 7.81. The van der Waals surface area contributed by atoms with Gasteiger partial charge in [0, 0.05) is 29.2 Å². The molecule has 0 saturated carbocycles. The number of carbonyl (C=O) groups is 3. The zero-order chi connectivity index (χ0) is 24.8. The Balaban J connectivity index is 1.64. The summed E-state index contributed by atoms with van der Waals surface area (Å²) in [6.07, 6.45) is 0. The van der Waals surface area contributed by atoms with Gasteiger partial charge in [-0.3, -0.25) is 14.5 Å². The van der Waals surface area contributed by atoms with Gasteiger partial charge in [-0.15, -0.1) is 0 Å². The van der Waals surface area contributed by atoms with Crippen molar-refractivity contribution in [2.45, 2.75) is 0 Å². The van der Waals surface area contributed by atoms with Crippen molar-refractivity contribution in [3.05, 3.63) is 102 Å². The Morgan fingerprint density at radius 1 is 0.943 bits per heavy atom. The minimum absolute atomic E-state index is 0.0554. The van der Waals surface area contributed by atoms with Crippen LogP contribution in [0, 0.1) is 0 Å². The topological polar surface area (TPSA) is 99.2 Å². The molecule has 0 aromatic heterocycles. The Morgan fingerprint density at radius 3 is 2.14 bits per heavy atom. The molecule has 8 nitrogen and oxygen atoms in total. The molecule has 1 aliphatic heterocycles. The largest absolute Gasteiger partial charge is 0.466 e. The number of ether oxygens (including phenoxy) is 1. The van der Waals surface area contributed by atoms with Crippen LogP contribution in [-0.2, 0) is 14.3 Å². The van der Waals surface area contributed by atoms with Gasteiger partial charge in [-0.1, -0.05) is 36.4 Å². The number of carbonyl (C=O) groups excluding carboxylic acids is 3. The first-order chi connectivity index (χ1) is 17.0. The molecule has 0 atom stereocenters. The van der Waals surface area contributed by atoms with E-state index >= 15 is 0 Å². The van der Waals surface area contributed by atoms with E-state index in [1.165, 1.54) is 12.0 Å². The van der Waals surface area contributed by atoms with E-state index in [4.69, 9.17) is 4.74 Å². The molecule has 2 N–H and O–H groups in total. The van der Waals surface area contributed by atoms with Crippen molar-refractivity contribution in [2.75, 3.05) is 37.0 Å². The Morgan fingerprint density at radius 2 is 1.54 bits per heavy atom. The lowest BCUT2D eigenvalue weighted by molar-refractivity contribution is -0.136. The molecule has 0 spiro atoms. The van der Waals surface area contributed by atoms with Gasteiger partial charge in [0.1, 0.15) is 5.70 Å². The van der Waals surface area contributed by atoms with Crippen molar-refractivity contribution in [2.24, 2.45) is 0 Å². The SMILES string of the molecule is COC(=O)C1=C(Nc2ccc(N(C(=O)c3ccccc3)c3ccccc3)cc2)C(=O)N(CCO)C1. The van der Waals surface area contributed by atoms with Gasteiger partial charge in [-0.05, 0) is 48.5 Å². The van der Waals surface area contributed by atoms with E-state index in [0.717, 1.165) is 0 Å². The molecule has 0 saturated heterocycles. The van der Waals surface area contributed by atoms with Crippen molar-refractivity contribution in [3.8, 4) is 0 Å². The van der Waals surface area contributed by atoms with Crippen molar-refractivity contribution < 1.29 is 24.2 Å². The van der Waals surface area contributed by atoms with Gasteiger partial charge in [0.2, 0.25) is 0 Å². The molecule has 0 fully saturated rings. The summed E-state index contributed by atoms with van der Waals surface area (Å²) in [7, 11) is 1.25. The summed E-state index contributed by atoms with van der Waals surface area (Å²) in [4.78, 5) is 41.4. The summed E-state index contributed by atoms with van der Waals surface area (Å²) < 4.78 is 4.82. The van der Waals surface area contributed by atoms with Gasteiger partial charge in [-0.2, -0.15) is 0 Å². The maximum Gasteiger partial charge on any atom is 0.337 e. The lowest BCUT2D eigenvalue weighted by atomic mass is 10.1. The number of para-hydroxylation sites is 1. The van der Waals surface area contributed by atoms with Crippen molar-refractivity contribution in [1.82, 2.24) is 4.90 Å². The van der Waals surface area contributed by atoms with Crippen LogP contribution >= 0.6 is 0 Å². The molecule has 178 valence electrons. The lowest BCUT2D eigenvalue weighted by Gasteiger charge is -2.23. The third kappa shape index (κ3) is 5.07. The summed E-state index contributed by atoms with van der Waals surface area (Å²) in [5.74, 6) is -1.19. The molecule has 1 aliphatic rings. The Hall–Kier alpha value is -4.43. The van der Waals surface area contributed by atoms with Crippen LogP contribution in [0.15, 0.2) is 96.2 Å². The highest BCUT2D eigenvalue weighted by Crippen LogP contribution is 2.30. The minimum Gasteiger partial charge on any atom is -0.466 e. The van der Waals surface area contributed by atoms with E-state index in [1.807, 2.05) is 48.5 Å². The molecule has 0 bridgehead atoms. The first-order valence-electron chi connectivity index (χ1n) is 11.1. The summed E-state index contributed by atoms with van der Waals surface area (Å²) in [6.45, 7) is -0.0517. The quantitative estimate of drug-likeness (QED) is 0.489. The molecular formula is C27H25N3O5. The Bertz CT molecular complexity index is 1240. The number of nitrogens with one attached hydrogen (secondary N) is 1. The van der Waals surface area contributed by atoms with Crippen LogP contribution in [0.1, 0.15) is 10.4 Å². The predicted molar refractivity (Wildman–Crippen MR) is 132 cm³/mol. The van der Waals surface area contributed by atoms with Gasteiger partial charge in [-0.25, -0.2) is 4.79 Å². The number of esters is 1. The molecule has 4 rings (SSSR count). The van der Waals surface area contributed by atoms with E-state index in [-0.39, 0.29) is 36.9 Å². The van der Waals surface area contributed by atoms with Gasteiger partial charge in [0.15, 0.2) is 0 Å². The van der Waals surface area contributed by atoms with E-state index in [1.54, 1.807) is 41.3 Å². The number of aliphatic hydroxyl groups is 1. The molecule has 2 amide bonds. The Labute approximate surface area is 203 Å². The van der Waals surface area contributed by atoms with Gasteiger partial charge in [0.05, 0.1) is 25.8 Å². The molecule has 0 unspecified atom stereocenters. The summed E-state index contributed by atoms with van der Waals surface area (Å²) in [6, 6.07) is 25.3. The lowest BCUT2D eigenvalue weighted by Crippen LogP contribution is -2.31. The number of aliphatic hydroxyl groups excluding tert-OH is 1. The van der Waals surface area contributed by atoms with E-state index < -0.39 is 11.9 Å². The number of nitrogens with zero attached hydrogens (tertiary/aromatic N) is 2. The first kappa shape index (κ1) is 23.7. The van der Waals surface area contributed by atoms with Crippen LogP contribution in [0.3, 0.4) is 0 Å². The zero-order valence-electron chi connectivity index (χ0n) is 19.2. The van der Waals surface area contributed by atoms with E-state index in [2.05, 4.69) is 5.32 Å². The molecular weight excluding hydrogens is 446 g/mol. The number of amides is 2. The number of hydrogen-bond donors (Lipinski definition) is 2. The van der Waals surface area contributed by atoms with Crippen molar-refractivity contribution >= 4 is 34.8 Å². The normalized spacial score (nSPS) is 13.1. The summed E-state index contributed by atoms with van der Waals surface area (Å²) in [5, 5.41) is 12.2. The standard InChI is InChI=1S/C27H25N3O5/c1-35-27(34)23-18-29(16-17-31)26(33)24(23)28-20-12-14-22(15-13-20)30(21-10-6-3-7-11-21)25(32)19-8-4-2-5-9-19/h2-15,28,31H,16-18H2,1H3. The van der Waals surface area contributed by atoms with Crippen LogP contribution in [0.5, 0.6) is 0 Å². The fourth-order valence-corrected chi connectivity index (χ4v) is 3.86. The van der Waals surface area contributed by atoms with Crippen LogP contribution in [-0.4, -0.2) is 54.6 Å². The minimum atomic E-state index is -0.610. The summed E-state index contributed by atoms with van der Waals surface area (Å²) >= 11 is 0. The monoisotopic (exact) mass is 471 g/mol. The highest BCUT2D eigenvalue weighted by Gasteiger charge is 2.34. The average molecular weight is 472 g/mol. The number of methoxy groups -OCH3 is 1. The molecule has 0 aliphatic carbocycles. The predicted octanol–water partition coefficient (Wildman–Crippen LogP) is 3.34. The van der Waals surface area contributed by atoms with Crippen molar-refractivity contribution in [3.63, 3.8) is 0 Å². The molecule has 35 heavy (non-hydrogen) atoms. The van der Waals surface area contributed by atoms with E-state index in [9.17, 15) is 19.5 Å². The molecule has 3 aromatic rings. The molecule has 8 heteroatoms. The number of rotatable bonds is 8. The van der Waals surface area contributed by atoms with Gasteiger partial charge < -0.3 is 20.1 Å². The van der Waals surface area contributed by atoms with Crippen molar-refractivity contribution in [1.29, 1.82) is 0 Å². The number of benzene rings is 3. The highest BCUT2D eigenvalue weighted by molar-refractivity contribution is 6.11. The number of anilines is 3. The Kier molecular flexibility index (Phi) is 7.23. The van der Waals surface area contributed by atoms with Gasteiger partial charge in [0.25, 0.3) is 11.8 Å². The summed E-state index contributed by atoms with van der Waals surface area (Å²) in [5.41, 5.74) is 2.76. The fraction of sp³-hybridized carbons (Fsp3) is 0.148. The first-order valence-corrected chi connectivity index (χ1v) is 11.1. The molecule has 3 aromatic carbocycles. The number of hydrogen-bond acceptors (Lipinski definition) is 6. The van der Waals surface area contributed by atoms with Crippen LogP contribution < -0.4 is 10.2 Å². The maximum absolute atomic E-state index is 13.4. The smallest absolute Gasteiger partial charge is 0.337 e. The fourth-order valence-electron chi connectivity index (χ4n) is 3.86. The second kappa shape index (κ2) is 10.7. The van der Waals surface area contributed by atoms with Crippen LogP contribution in [0.25, 0.3) is 0 Å². The number of β-amino-alcohol motifs (C(OH)–C–C–N with tert-alkyl or cyclic N) is 1. The van der Waals surface area contributed by atoms with Crippen LogP contribution in [0.2, 0.25) is 0 Å². The molecule has 1 heterocycles.